The fourth-order valence-corrected chi connectivity index (χ4v) is 2.03. The zero-order chi connectivity index (χ0) is 14.0. The van der Waals surface area contributed by atoms with Gasteiger partial charge in [-0.05, 0) is 20.3 Å². The van der Waals surface area contributed by atoms with E-state index in [0.717, 1.165) is 0 Å². The zero-order valence-corrected chi connectivity index (χ0v) is 16.1. The average Bonchev–Trinajstić information content (AvgIpc) is 2.09. The summed E-state index contributed by atoms with van der Waals surface area (Å²) in [5.74, 6) is -6.12. The molecule has 0 radical (unpaired) electrons. The van der Waals surface area contributed by atoms with Crippen molar-refractivity contribution in [2.45, 2.75) is 25.0 Å². The summed E-state index contributed by atoms with van der Waals surface area (Å²) in [6, 6.07) is 0. The summed E-state index contributed by atoms with van der Waals surface area (Å²) in [7, 11) is -5.18. The second kappa shape index (κ2) is 8.78. The number of hydrogen-bond donors (Lipinski definition) is 1. The maximum atomic E-state index is 11.0. The van der Waals surface area contributed by atoms with Gasteiger partial charge in [-0.15, -0.1) is 6.58 Å². The van der Waals surface area contributed by atoms with Crippen molar-refractivity contribution in [1.82, 2.24) is 0 Å². The molecule has 0 fully saturated rings. The molecular weight excluding hydrogens is 298 g/mol. The monoisotopic (exact) mass is 310 g/mol. The van der Waals surface area contributed by atoms with Gasteiger partial charge in [-0.3, -0.25) is 4.55 Å². The molecule has 98 valence electrons. The molecule has 0 aliphatic carbocycles. The SMILES string of the molecule is C=C(C)CC(C(=O)[O-])C(C)(C(=O)[O-])S(=O)(=O)O.[Na+].[Na+]. The molecule has 1 N–H and O–H groups in total. The van der Waals surface area contributed by atoms with E-state index in [4.69, 9.17) is 4.55 Å². The predicted molar refractivity (Wildman–Crippen MR) is 52.9 cm³/mol. The van der Waals surface area contributed by atoms with Gasteiger partial charge in [-0.25, -0.2) is 0 Å². The summed E-state index contributed by atoms with van der Waals surface area (Å²) in [5.41, 5.74) is 0.232. The van der Waals surface area contributed by atoms with Gasteiger partial charge in [0.1, 0.15) is 4.75 Å². The third kappa shape index (κ3) is 5.84. The van der Waals surface area contributed by atoms with Crippen LogP contribution in [0, 0.1) is 5.92 Å². The minimum atomic E-state index is -5.18. The molecule has 0 saturated carbocycles. The first-order chi connectivity index (χ1) is 7.44. The number of allylic oxidation sites excluding steroid dienone is 1. The van der Waals surface area contributed by atoms with Gasteiger partial charge >= 0.3 is 59.1 Å². The Balaban J connectivity index is -0.00000128. The Morgan fingerprint density at radius 2 is 1.68 bits per heavy atom. The molecule has 0 aromatic rings. The van der Waals surface area contributed by atoms with E-state index >= 15 is 0 Å². The Hall–Kier alpha value is 0.590. The number of carbonyl (C=O) groups excluding carboxylic acids is 2. The Bertz CT molecular complexity index is 459. The first-order valence-electron chi connectivity index (χ1n) is 4.48. The Kier molecular flexibility index (Phi) is 11.4. The summed E-state index contributed by atoms with van der Waals surface area (Å²) in [5, 5.41) is 21.6. The predicted octanol–water partition coefficient (Wildman–Crippen LogP) is -8.28. The molecule has 0 saturated heterocycles. The van der Waals surface area contributed by atoms with Crippen molar-refractivity contribution in [2.75, 3.05) is 0 Å². The molecule has 0 aliphatic heterocycles. The number of hydrogen-bond acceptors (Lipinski definition) is 6. The normalized spacial score (nSPS) is 15.1. The summed E-state index contributed by atoms with van der Waals surface area (Å²) >= 11 is 0. The smallest absolute Gasteiger partial charge is 0.550 e. The van der Waals surface area contributed by atoms with Crippen LogP contribution in [0.25, 0.3) is 0 Å². The van der Waals surface area contributed by atoms with E-state index in [1.54, 1.807) is 0 Å². The number of carbonyl (C=O) groups is 2. The van der Waals surface area contributed by atoms with E-state index in [1.807, 2.05) is 0 Å². The molecule has 10 heteroatoms. The van der Waals surface area contributed by atoms with Gasteiger partial charge in [0.15, 0.2) is 0 Å². The van der Waals surface area contributed by atoms with E-state index in [0.29, 0.717) is 6.92 Å². The van der Waals surface area contributed by atoms with Crippen molar-refractivity contribution in [3.8, 4) is 0 Å². The quantitative estimate of drug-likeness (QED) is 0.292. The van der Waals surface area contributed by atoms with Crippen LogP contribution in [0.3, 0.4) is 0 Å². The molecule has 2 unspecified atom stereocenters. The average molecular weight is 310 g/mol. The third-order valence-corrected chi connectivity index (χ3v) is 3.97. The van der Waals surface area contributed by atoms with E-state index in [2.05, 4.69) is 6.58 Å². The number of aliphatic carboxylic acids is 2. The molecule has 0 aromatic heterocycles. The molecule has 0 aliphatic rings. The maximum Gasteiger partial charge on any atom is 1.00 e. The van der Waals surface area contributed by atoms with E-state index in [-0.39, 0.29) is 64.7 Å². The van der Waals surface area contributed by atoms with Crippen LogP contribution in [-0.2, 0) is 19.7 Å². The minimum absolute atomic E-state index is 0. The molecule has 0 amide bonds. The summed E-state index contributed by atoms with van der Waals surface area (Å²) in [6.45, 7) is 5.29. The van der Waals surface area contributed by atoms with Crippen LogP contribution in [-0.4, -0.2) is 29.7 Å². The Labute approximate surface area is 155 Å². The van der Waals surface area contributed by atoms with E-state index in [9.17, 15) is 28.2 Å². The van der Waals surface area contributed by atoms with Gasteiger partial charge in [-0.1, -0.05) is 5.57 Å². The molecule has 0 rings (SSSR count). The number of carboxylic acids is 2. The topological polar surface area (TPSA) is 135 Å². The first-order valence-corrected chi connectivity index (χ1v) is 5.92. The largest absolute Gasteiger partial charge is 1.00 e. The van der Waals surface area contributed by atoms with Crippen molar-refractivity contribution in [3.63, 3.8) is 0 Å². The van der Waals surface area contributed by atoms with Crippen LogP contribution in [0.2, 0.25) is 0 Å². The summed E-state index contributed by atoms with van der Waals surface area (Å²) in [4.78, 5) is 21.6. The number of carboxylic acid groups (broad SMARTS) is 2. The summed E-state index contributed by atoms with van der Waals surface area (Å²) < 4.78 is 28.0. The van der Waals surface area contributed by atoms with Crippen molar-refractivity contribution in [2.24, 2.45) is 5.92 Å². The van der Waals surface area contributed by atoms with E-state index in [1.165, 1.54) is 6.92 Å². The van der Waals surface area contributed by atoms with Gasteiger partial charge < -0.3 is 19.8 Å². The zero-order valence-electron chi connectivity index (χ0n) is 11.3. The van der Waals surface area contributed by atoms with Crippen LogP contribution in [0.1, 0.15) is 20.3 Å². The van der Waals surface area contributed by atoms with Gasteiger partial charge in [0.05, 0.1) is 5.97 Å². The molecule has 0 bridgehead atoms. The molecule has 2 atom stereocenters. The van der Waals surface area contributed by atoms with Gasteiger partial charge in [0, 0.05) is 11.9 Å². The van der Waals surface area contributed by atoms with Crippen molar-refractivity contribution in [3.05, 3.63) is 12.2 Å². The molecule has 0 spiro atoms. The first kappa shape index (κ1) is 24.6. The standard InChI is InChI=1S/C9H14O7S.2Na/c1-5(2)4-6(7(10)11)9(3,8(12)13)17(14,15)16;;/h6H,1,4H2,2-3H3,(H,10,11)(H,12,13)(H,14,15,16);;/q;2*+1/p-2. The molecule has 0 aromatic carbocycles. The molecule has 0 heterocycles. The Morgan fingerprint density at radius 1 is 1.32 bits per heavy atom. The Morgan fingerprint density at radius 3 is 1.84 bits per heavy atom. The van der Waals surface area contributed by atoms with Crippen molar-refractivity contribution >= 4 is 22.1 Å². The molecule has 7 nitrogen and oxygen atoms in total. The van der Waals surface area contributed by atoms with Gasteiger partial charge in [0.2, 0.25) is 0 Å². The minimum Gasteiger partial charge on any atom is -0.550 e. The van der Waals surface area contributed by atoms with Crippen molar-refractivity contribution in [1.29, 1.82) is 0 Å². The second-order valence-corrected chi connectivity index (χ2v) is 5.70. The van der Waals surface area contributed by atoms with Crippen LogP contribution in [0.5, 0.6) is 0 Å². The van der Waals surface area contributed by atoms with Crippen molar-refractivity contribution < 1.29 is 91.9 Å². The van der Waals surface area contributed by atoms with E-state index < -0.39 is 39.1 Å². The third-order valence-electron chi connectivity index (χ3n) is 2.44. The number of rotatable bonds is 6. The fourth-order valence-electron chi connectivity index (χ4n) is 1.28. The fraction of sp³-hybridized carbons (Fsp3) is 0.556. The van der Waals surface area contributed by atoms with Gasteiger partial charge in [-0.2, -0.15) is 8.42 Å². The second-order valence-electron chi connectivity index (χ2n) is 3.90. The molecular formula is C9H12Na2O7S. The van der Waals surface area contributed by atoms with Crippen LogP contribution < -0.4 is 69.3 Å². The van der Waals surface area contributed by atoms with Crippen LogP contribution in [0.4, 0.5) is 0 Å². The molecule has 19 heavy (non-hydrogen) atoms. The van der Waals surface area contributed by atoms with Crippen LogP contribution in [0.15, 0.2) is 12.2 Å². The summed E-state index contributed by atoms with van der Waals surface area (Å²) in [6.07, 6.45) is -0.466. The van der Waals surface area contributed by atoms with Crippen LogP contribution >= 0.6 is 0 Å². The maximum absolute atomic E-state index is 11.0. The van der Waals surface area contributed by atoms with Gasteiger partial charge in [0.25, 0.3) is 10.1 Å².